The van der Waals surface area contributed by atoms with Gasteiger partial charge in [-0.15, -0.1) is 0 Å². The lowest BCUT2D eigenvalue weighted by Gasteiger charge is -2.34. The molecule has 1 heterocycles. The summed E-state index contributed by atoms with van der Waals surface area (Å²) in [7, 11) is 1.53. The Morgan fingerprint density at radius 3 is 2.41 bits per heavy atom. The minimum atomic E-state index is -0.389. The van der Waals surface area contributed by atoms with E-state index in [4.69, 9.17) is 4.74 Å². The van der Waals surface area contributed by atoms with Crippen molar-refractivity contribution in [1.82, 2.24) is 9.80 Å². The number of amides is 1. The lowest BCUT2D eigenvalue weighted by Crippen LogP contribution is -2.50. The summed E-state index contributed by atoms with van der Waals surface area (Å²) >= 11 is 0. The average Bonchev–Trinajstić information content (AvgIpc) is 2.54. The standard InChI is InChI=1S/C15H21N3O4/c1-22-12-15(19)17-10-8-16(9-11-17)7-6-13-2-4-14(5-3-13)18(20)21/h2-5H,6-12H2,1H3. The fraction of sp³-hybridized carbons (Fsp3) is 0.533. The molecule has 0 atom stereocenters. The number of non-ortho nitro benzene ring substituents is 1. The van der Waals surface area contributed by atoms with Gasteiger partial charge in [-0.1, -0.05) is 12.1 Å². The highest BCUT2D eigenvalue weighted by Gasteiger charge is 2.20. The molecule has 1 fully saturated rings. The number of methoxy groups -OCH3 is 1. The molecular formula is C15H21N3O4. The molecular weight excluding hydrogens is 286 g/mol. The van der Waals surface area contributed by atoms with Crippen LogP contribution in [0.3, 0.4) is 0 Å². The molecule has 1 aliphatic rings. The number of nitrogens with zero attached hydrogens (tertiary/aromatic N) is 3. The first-order valence-corrected chi connectivity index (χ1v) is 7.32. The van der Waals surface area contributed by atoms with E-state index in [2.05, 4.69) is 4.90 Å². The highest BCUT2D eigenvalue weighted by molar-refractivity contribution is 5.77. The summed E-state index contributed by atoms with van der Waals surface area (Å²) in [4.78, 5) is 26.0. The predicted octanol–water partition coefficient (Wildman–Crippen LogP) is 0.928. The SMILES string of the molecule is COCC(=O)N1CCN(CCc2ccc([N+](=O)[O-])cc2)CC1. The Kier molecular flexibility index (Phi) is 5.85. The van der Waals surface area contributed by atoms with Crippen molar-refractivity contribution in [2.45, 2.75) is 6.42 Å². The van der Waals surface area contributed by atoms with Gasteiger partial charge in [0.2, 0.25) is 5.91 Å². The molecule has 7 nitrogen and oxygen atoms in total. The molecule has 1 amide bonds. The van der Waals surface area contributed by atoms with Crippen LogP contribution in [0.25, 0.3) is 0 Å². The van der Waals surface area contributed by atoms with Crippen LogP contribution in [-0.2, 0) is 16.0 Å². The number of hydrogen-bond acceptors (Lipinski definition) is 5. The zero-order chi connectivity index (χ0) is 15.9. The van der Waals surface area contributed by atoms with Gasteiger partial charge in [0, 0.05) is 52.0 Å². The minimum Gasteiger partial charge on any atom is -0.375 e. The Bertz CT molecular complexity index is 510. The minimum absolute atomic E-state index is 0.0394. The van der Waals surface area contributed by atoms with Gasteiger partial charge >= 0.3 is 0 Å². The Morgan fingerprint density at radius 1 is 1.23 bits per heavy atom. The van der Waals surface area contributed by atoms with Crippen molar-refractivity contribution in [1.29, 1.82) is 0 Å². The van der Waals surface area contributed by atoms with Crippen molar-refractivity contribution < 1.29 is 14.5 Å². The average molecular weight is 307 g/mol. The Balaban J connectivity index is 1.74. The Morgan fingerprint density at radius 2 is 1.86 bits per heavy atom. The smallest absolute Gasteiger partial charge is 0.269 e. The van der Waals surface area contributed by atoms with E-state index in [1.165, 1.54) is 19.2 Å². The second-order valence-corrected chi connectivity index (χ2v) is 5.33. The van der Waals surface area contributed by atoms with Crippen LogP contribution in [0.1, 0.15) is 5.56 Å². The number of nitro groups is 1. The third-order valence-electron chi connectivity index (χ3n) is 3.86. The van der Waals surface area contributed by atoms with E-state index in [0.717, 1.165) is 44.7 Å². The lowest BCUT2D eigenvalue weighted by molar-refractivity contribution is -0.384. The summed E-state index contributed by atoms with van der Waals surface area (Å²) in [6, 6.07) is 6.68. The largest absolute Gasteiger partial charge is 0.375 e. The molecule has 0 aromatic heterocycles. The van der Waals surface area contributed by atoms with E-state index in [9.17, 15) is 14.9 Å². The van der Waals surface area contributed by atoms with Gasteiger partial charge in [-0.3, -0.25) is 19.8 Å². The van der Waals surface area contributed by atoms with Crippen LogP contribution in [-0.4, -0.2) is 67.1 Å². The molecule has 7 heteroatoms. The third kappa shape index (κ3) is 4.51. The predicted molar refractivity (Wildman–Crippen MR) is 81.7 cm³/mol. The van der Waals surface area contributed by atoms with Crippen molar-refractivity contribution in [2.24, 2.45) is 0 Å². The monoisotopic (exact) mass is 307 g/mol. The van der Waals surface area contributed by atoms with Crippen molar-refractivity contribution in [3.05, 3.63) is 39.9 Å². The van der Waals surface area contributed by atoms with Crippen molar-refractivity contribution in [2.75, 3.05) is 46.4 Å². The number of rotatable bonds is 6. The van der Waals surface area contributed by atoms with E-state index in [0.29, 0.717) is 0 Å². The van der Waals surface area contributed by atoms with Crippen LogP contribution in [0.5, 0.6) is 0 Å². The zero-order valence-electron chi connectivity index (χ0n) is 12.7. The summed E-state index contributed by atoms with van der Waals surface area (Å²) in [6.45, 7) is 4.18. The molecule has 0 N–H and O–H groups in total. The summed E-state index contributed by atoms with van der Waals surface area (Å²) in [5.41, 5.74) is 1.21. The molecule has 0 unspecified atom stereocenters. The molecule has 1 aromatic carbocycles. The molecule has 22 heavy (non-hydrogen) atoms. The fourth-order valence-electron chi connectivity index (χ4n) is 2.51. The van der Waals surface area contributed by atoms with Gasteiger partial charge in [0.1, 0.15) is 6.61 Å². The van der Waals surface area contributed by atoms with Gasteiger partial charge in [-0.05, 0) is 12.0 Å². The summed E-state index contributed by atoms with van der Waals surface area (Å²) in [5, 5.41) is 10.6. The Hall–Kier alpha value is -1.99. The van der Waals surface area contributed by atoms with Crippen molar-refractivity contribution >= 4 is 11.6 Å². The van der Waals surface area contributed by atoms with E-state index >= 15 is 0 Å². The first kappa shape index (κ1) is 16.4. The van der Waals surface area contributed by atoms with Crippen LogP contribution >= 0.6 is 0 Å². The number of ether oxygens (including phenoxy) is 1. The number of carbonyl (C=O) groups is 1. The first-order valence-electron chi connectivity index (χ1n) is 7.32. The third-order valence-corrected chi connectivity index (χ3v) is 3.86. The molecule has 120 valence electrons. The normalized spacial score (nSPS) is 15.8. The molecule has 0 bridgehead atoms. The molecule has 1 saturated heterocycles. The van der Waals surface area contributed by atoms with Gasteiger partial charge in [-0.2, -0.15) is 0 Å². The maximum absolute atomic E-state index is 11.7. The van der Waals surface area contributed by atoms with Crippen LogP contribution < -0.4 is 0 Å². The van der Waals surface area contributed by atoms with Gasteiger partial charge < -0.3 is 9.64 Å². The fourth-order valence-corrected chi connectivity index (χ4v) is 2.51. The maximum atomic E-state index is 11.7. The molecule has 2 rings (SSSR count). The number of piperazine rings is 1. The second kappa shape index (κ2) is 7.86. The number of benzene rings is 1. The van der Waals surface area contributed by atoms with Gasteiger partial charge in [0.05, 0.1) is 4.92 Å². The lowest BCUT2D eigenvalue weighted by atomic mass is 10.1. The maximum Gasteiger partial charge on any atom is 0.269 e. The van der Waals surface area contributed by atoms with E-state index in [-0.39, 0.29) is 23.1 Å². The van der Waals surface area contributed by atoms with E-state index in [1.807, 2.05) is 4.90 Å². The molecule has 0 aliphatic carbocycles. The molecule has 0 radical (unpaired) electrons. The van der Waals surface area contributed by atoms with Crippen LogP contribution in [0, 0.1) is 10.1 Å². The summed E-state index contributed by atoms with van der Waals surface area (Å²) in [5.74, 6) is 0.0394. The van der Waals surface area contributed by atoms with Crippen LogP contribution in [0.4, 0.5) is 5.69 Å². The van der Waals surface area contributed by atoms with Crippen LogP contribution in [0.2, 0.25) is 0 Å². The van der Waals surface area contributed by atoms with E-state index in [1.54, 1.807) is 12.1 Å². The molecule has 1 aromatic rings. The van der Waals surface area contributed by atoms with Gasteiger partial charge in [0.15, 0.2) is 0 Å². The highest BCUT2D eigenvalue weighted by Crippen LogP contribution is 2.13. The van der Waals surface area contributed by atoms with Crippen LogP contribution in [0.15, 0.2) is 24.3 Å². The van der Waals surface area contributed by atoms with E-state index < -0.39 is 0 Å². The summed E-state index contributed by atoms with van der Waals surface area (Å²) in [6.07, 6.45) is 0.851. The quantitative estimate of drug-likeness (QED) is 0.577. The number of hydrogen-bond donors (Lipinski definition) is 0. The Labute approximate surface area is 129 Å². The van der Waals surface area contributed by atoms with Gasteiger partial charge in [-0.25, -0.2) is 0 Å². The zero-order valence-corrected chi connectivity index (χ0v) is 12.7. The summed E-state index contributed by atoms with van der Waals surface area (Å²) < 4.78 is 4.86. The van der Waals surface area contributed by atoms with Crippen molar-refractivity contribution in [3.63, 3.8) is 0 Å². The second-order valence-electron chi connectivity index (χ2n) is 5.33. The number of nitro benzene ring substituents is 1. The molecule has 0 saturated carbocycles. The number of carbonyl (C=O) groups excluding carboxylic acids is 1. The van der Waals surface area contributed by atoms with Crippen molar-refractivity contribution in [3.8, 4) is 0 Å². The highest BCUT2D eigenvalue weighted by atomic mass is 16.6. The first-order chi connectivity index (χ1) is 10.6. The topological polar surface area (TPSA) is 75.9 Å². The molecule has 0 spiro atoms. The van der Waals surface area contributed by atoms with Gasteiger partial charge in [0.25, 0.3) is 5.69 Å². The molecule has 1 aliphatic heterocycles.